The second kappa shape index (κ2) is 7.47. The molecule has 1 saturated carbocycles. The molecule has 5 nitrogen and oxygen atoms in total. The number of hydrogen-bond acceptors (Lipinski definition) is 3. The summed E-state index contributed by atoms with van der Waals surface area (Å²) >= 11 is 0. The van der Waals surface area contributed by atoms with Crippen LogP contribution in [0.2, 0.25) is 0 Å². The molecule has 2 amide bonds. The van der Waals surface area contributed by atoms with E-state index in [1.54, 1.807) is 18.2 Å². The van der Waals surface area contributed by atoms with Crippen LogP contribution in [0.5, 0.6) is 0 Å². The lowest BCUT2D eigenvalue weighted by Crippen LogP contribution is -2.27. The molecule has 1 fully saturated rings. The minimum absolute atomic E-state index is 0.0733. The molecule has 0 radical (unpaired) electrons. The molecule has 0 aromatic heterocycles. The molecule has 0 unspecified atom stereocenters. The highest BCUT2D eigenvalue weighted by Gasteiger charge is 2.22. The summed E-state index contributed by atoms with van der Waals surface area (Å²) < 4.78 is 0. The second-order valence-corrected chi connectivity index (χ2v) is 5.24. The average molecular weight is 287 g/mol. The first-order valence-electron chi connectivity index (χ1n) is 7.24. The van der Waals surface area contributed by atoms with Crippen LogP contribution >= 0.6 is 0 Å². The van der Waals surface area contributed by atoms with Gasteiger partial charge >= 0.3 is 0 Å². The van der Waals surface area contributed by atoms with Crippen LogP contribution in [0.4, 0.5) is 5.69 Å². The van der Waals surface area contributed by atoms with Crippen molar-refractivity contribution in [1.29, 1.82) is 0 Å². The van der Waals surface area contributed by atoms with Crippen molar-refractivity contribution in [1.82, 2.24) is 10.6 Å². The molecule has 4 N–H and O–H groups in total. The van der Waals surface area contributed by atoms with Crippen LogP contribution < -0.4 is 16.4 Å². The normalized spacial score (nSPS) is 14.1. The minimum atomic E-state index is -0.158. The van der Waals surface area contributed by atoms with E-state index in [0.29, 0.717) is 31.1 Å². The number of nitrogen functional groups attached to an aromatic ring is 1. The van der Waals surface area contributed by atoms with Crippen LogP contribution in [0.25, 0.3) is 6.08 Å². The number of hydrogen-bond donors (Lipinski definition) is 3. The van der Waals surface area contributed by atoms with Crippen LogP contribution in [0.15, 0.2) is 30.3 Å². The Labute approximate surface area is 124 Å². The maximum absolute atomic E-state index is 11.6. The van der Waals surface area contributed by atoms with E-state index in [9.17, 15) is 9.59 Å². The van der Waals surface area contributed by atoms with Gasteiger partial charge < -0.3 is 16.4 Å². The number of carbonyl (C=O) groups excluding carboxylic acids is 2. The third-order valence-electron chi connectivity index (χ3n) is 3.19. The number of anilines is 1. The second-order valence-electron chi connectivity index (χ2n) is 5.24. The summed E-state index contributed by atoms with van der Waals surface area (Å²) in [6.45, 7) is 0.503. The van der Waals surface area contributed by atoms with Crippen molar-refractivity contribution in [2.24, 2.45) is 0 Å². The largest absolute Gasteiger partial charge is 0.399 e. The van der Waals surface area contributed by atoms with Gasteiger partial charge in [-0.15, -0.1) is 0 Å². The summed E-state index contributed by atoms with van der Waals surface area (Å²) in [7, 11) is 0. The SMILES string of the molecule is Nc1ccc(/C=C/C(=O)NCCCC(=O)NC2CC2)cc1. The van der Waals surface area contributed by atoms with E-state index < -0.39 is 0 Å². The van der Waals surface area contributed by atoms with Crippen LogP contribution in [0.1, 0.15) is 31.2 Å². The van der Waals surface area contributed by atoms with E-state index in [-0.39, 0.29) is 11.8 Å². The molecule has 1 aromatic carbocycles. The van der Waals surface area contributed by atoms with Crippen molar-refractivity contribution in [3.63, 3.8) is 0 Å². The third-order valence-corrected chi connectivity index (χ3v) is 3.19. The smallest absolute Gasteiger partial charge is 0.243 e. The first-order chi connectivity index (χ1) is 10.1. The zero-order valence-corrected chi connectivity index (χ0v) is 12.0. The quantitative estimate of drug-likeness (QED) is 0.403. The number of benzene rings is 1. The fraction of sp³-hybridized carbons (Fsp3) is 0.375. The summed E-state index contributed by atoms with van der Waals surface area (Å²) in [5.74, 6) is -0.0846. The molecule has 1 aliphatic carbocycles. The van der Waals surface area contributed by atoms with Crippen LogP contribution in [-0.2, 0) is 9.59 Å². The van der Waals surface area contributed by atoms with Gasteiger partial charge in [-0.25, -0.2) is 0 Å². The topological polar surface area (TPSA) is 84.2 Å². The van der Waals surface area contributed by atoms with Gasteiger partial charge in [0, 0.05) is 30.8 Å². The highest BCUT2D eigenvalue weighted by molar-refractivity contribution is 5.91. The van der Waals surface area contributed by atoms with Gasteiger partial charge in [-0.05, 0) is 43.0 Å². The van der Waals surface area contributed by atoms with Crippen LogP contribution in [0, 0.1) is 0 Å². The van der Waals surface area contributed by atoms with Gasteiger partial charge in [-0.3, -0.25) is 9.59 Å². The molecule has 1 aromatic rings. The zero-order chi connectivity index (χ0) is 15.1. The Bertz CT molecular complexity index is 519. The van der Waals surface area contributed by atoms with Gasteiger partial charge in [0.25, 0.3) is 0 Å². The van der Waals surface area contributed by atoms with E-state index in [4.69, 9.17) is 5.73 Å². The van der Waals surface area contributed by atoms with E-state index >= 15 is 0 Å². The molecular formula is C16H21N3O2. The summed E-state index contributed by atoms with van der Waals surface area (Å²) in [6.07, 6.45) is 6.51. The van der Waals surface area contributed by atoms with Gasteiger partial charge in [0.1, 0.15) is 0 Å². The van der Waals surface area contributed by atoms with E-state index in [1.807, 2.05) is 12.1 Å². The third kappa shape index (κ3) is 6.12. The van der Waals surface area contributed by atoms with Crippen molar-refractivity contribution in [3.05, 3.63) is 35.9 Å². The minimum Gasteiger partial charge on any atom is -0.399 e. The molecule has 0 aliphatic heterocycles. The van der Waals surface area contributed by atoms with E-state index in [2.05, 4.69) is 10.6 Å². The van der Waals surface area contributed by atoms with Gasteiger partial charge in [-0.2, -0.15) is 0 Å². The maximum atomic E-state index is 11.6. The van der Waals surface area contributed by atoms with Crippen LogP contribution in [-0.4, -0.2) is 24.4 Å². The lowest BCUT2D eigenvalue weighted by Gasteiger charge is -2.03. The first kappa shape index (κ1) is 15.1. The Morgan fingerprint density at radius 3 is 2.62 bits per heavy atom. The summed E-state index contributed by atoms with van der Waals surface area (Å²) in [4.78, 5) is 23.0. The van der Waals surface area contributed by atoms with Crippen LogP contribution in [0.3, 0.4) is 0 Å². The maximum Gasteiger partial charge on any atom is 0.243 e. The number of rotatable bonds is 7. The van der Waals surface area contributed by atoms with Gasteiger partial charge in [0.05, 0.1) is 0 Å². The summed E-state index contributed by atoms with van der Waals surface area (Å²) in [5, 5.41) is 5.68. The Kier molecular flexibility index (Phi) is 5.37. The standard InChI is InChI=1S/C16H21N3O2/c17-13-6-3-12(4-7-13)5-10-15(20)18-11-1-2-16(21)19-14-8-9-14/h3-7,10,14H,1-2,8-9,11,17H2,(H,18,20)(H,19,21)/b10-5+. The van der Waals surface area contributed by atoms with Crippen molar-refractivity contribution >= 4 is 23.6 Å². The molecular weight excluding hydrogens is 266 g/mol. The van der Waals surface area contributed by atoms with Crippen molar-refractivity contribution in [3.8, 4) is 0 Å². The van der Waals surface area contributed by atoms with Gasteiger partial charge in [0.15, 0.2) is 0 Å². The van der Waals surface area contributed by atoms with Crippen molar-refractivity contribution in [2.45, 2.75) is 31.7 Å². The highest BCUT2D eigenvalue weighted by Crippen LogP contribution is 2.18. The lowest BCUT2D eigenvalue weighted by molar-refractivity contribution is -0.121. The monoisotopic (exact) mass is 287 g/mol. The molecule has 0 saturated heterocycles. The fourth-order valence-electron chi connectivity index (χ4n) is 1.83. The molecule has 21 heavy (non-hydrogen) atoms. The molecule has 5 heteroatoms. The highest BCUT2D eigenvalue weighted by atomic mass is 16.2. The molecule has 0 bridgehead atoms. The first-order valence-corrected chi connectivity index (χ1v) is 7.24. The van der Waals surface area contributed by atoms with Crippen molar-refractivity contribution in [2.75, 3.05) is 12.3 Å². The lowest BCUT2D eigenvalue weighted by atomic mass is 10.2. The Morgan fingerprint density at radius 1 is 1.24 bits per heavy atom. The molecule has 0 heterocycles. The molecule has 0 atom stereocenters. The predicted molar refractivity (Wildman–Crippen MR) is 83.3 cm³/mol. The number of nitrogens with two attached hydrogens (primary N) is 1. The van der Waals surface area contributed by atoms with Crippen molar-refractivity contribution < 1.29 is 9.59 Å². The Hall–Kier alpha value is -2.30. The number of amides is 2. The zero-order valence-electron chi connectivity index (χ0n) is 12.0. The molecule has 0 spiro atoms. The Balaban J connectivity index is 1.60. The van der Waals surface area contributed by atoms with Gasteiger partial charge in [-0.1, -0.05) is 12.1 Å². The molecule has 2 rings (SSSR count). The average Bonchev–Trinajstić information content (AvgIpc) is 3.27. The van der Waals surface area contributed by atoms with E-state index in [1.165, 1.54) is 6.08 Å². The molecule has 1 aliphatic rings. The number of nitrogens with one attached hydrogen (secondary N) is 2. The number of carbonyl (C=O) groups is 2. The van der Waals surface area contributed by atoms with Gasteiger partial charge in [0.2, 0.25) is 11.8 Å². The fourth-order valence-corrected chi connectivity index (χ4v) is 1.83. The molecule has 112 valence electrons. The van der Waals surface area contributed by atoms with E-state index in [0.717, 1.165) is 18.4 Å². The summed E-state index contributed by atoms with van der Waals surface area (Å²) in [5.41, 5.74) is 7.20. The Morgan fingerprint density at radius 2 is 1.95 bits per heavy atom. The summed E-state index contributed by atoms with van der Waals surface area (Å²) in [6, 6.07) is 7.67. The predicted octanol–water partition coefficient (Wildman–Crippen LogP) is 1.46.